The largest absolute Gasteiger partial charge is 0.352 e. The lowest BCUT2D eigenvalue weighted by Gasteiger charge is -2.22. The van der Waals surface area contributed by atoms with Crippen LogP contribution in [-0.2, 0) is 11.3 Å². The molecule has 0 unspecified atom stereocenters. The third-order valence-electron chi connectivity index (χ3n) is 3.31. The number of rotatable bonds is 3. The first kappa shape index (κ1) is 12.4. The third-order valence-corrected chi connectivity index (χ3v) is 3.68. The Kier molecular flexibility index (Phi) is 4.05. The zero-order chi connectivity index (χ0) is 12.3. The molecule has 0 atom stereocenters. The van der Waals surface area contributed by atoms with Crippen molar-refractivity contribution in [3.63, 3.8) is 0 Å². The molecule has 0 aromatic carbocycles. The van der Waals surface area contributed by atoms with Crippen molar-refractivity contribution in [3.05, 3.63) is 16.9 Å². The molecule has 1 aliphatic carbocycles. The quantitative estimate of drug-likeness (QED) is 0.901. The zero-order valence-electron chi connectivity index (χ0n) is 10.1. The van der Waals surface area contributed by atoms with Crippen LogP contribution in [-0.4, -0.2) is 21.7 Å². The summed E-state index contributed by atoms with van der Waals surface area (Å²) in [6.07, 6.45) is 7.51. The maximum atomic E-state index is 11.8. The maximum Gasteiger partial charge on any atom is 0.241 e. The van der Waals surface area contributed by atoms with Gasteiger partial charge in [0.15, 0.2) is 0 Å². The second kappa shape index (κ2) is 5.54. The second-order valence-electron chi connectivity index (χ2n) is 4.64. The highest BCUT2D eigenvalue weighted by Crippen LogP contribution is 2.17. The van der Waals surface area contributed by atoms with Crippen molar-refractivity contribution < 1.29 is 4.79 Å². The number of carbonyl (C=O) groups is 1. The predicted molar refractivity (Wildman–Crippen MR) is 67.0 cm³/mol. The van der Waals surface area contributed by atoms with Crippen LogP contribution < -0.4 is 5.32 Å². The van der Waals surface area contributed by atoms with Gasteiger partial charge in [-0.05, 0) is 19.8 Å². The smallest absolute Gasteiger partial charge is 0.241 e. The van der Waals surface area contributed by atoms with Gasteiger partial charge < -0.3 is 5.32 Å². The predicted octanol–water partition coefficient (Wildman–Crippen LogP) is 2.29. The van der Waals surface area contributed by atoms with E-state index in [9.17, 15) is 4.79 Å². The monoisotopic (exact) mass is 255 g/mol. The average molecular weight is 256 g/mol. The summed E-state index contributed by atoms with van der Waals surface area (Å²) in [5, 5.41) is 7.74. The van der Waals surface area contributed by atoms with Crippen molar-refractivity contribution in [1.82, 2.24) is 15.1 Å². The molecule has 1 N–H and O–H groups in total. The van der Waals surface area contributed by atoms with E-state index >= 15 is 0 Å². The van der Waals surface area contributed by atoms with E-state index < -0.39 is 0 Å². The summed E-state index contributed by atoms with van der Waals surface area (Å²) < 4.78 is 1.64. The normalized spacial score (nSPS) is 17.1. The number of aromatic nitrogens is 2. The first-order chi connectivity index (χ1) is 8.16. The van der Waals surface area contributed by atoms with Crippen molar-refractivity contribution in [2.24, 2.45) is 0 Å². The molecule has 1 saturated carbocycles. The fourth-order valence-corrected chi connectivity index (χ4v) is 2.38. The highest BCUT2D eigenvalue weighted by atomic mass is 35.5. The number of carbonyl (C=O) groups excluding carboxylic acids is 1. The van der Waals surface area contributed by atoms with Gasteiger partial charge in [-0.3, -0.25) is 9.48 Å². The summed E-state index contributed by atoms with van der Waals surface area (Å²) in [7, 11) is 0. The van der Waals surface area contributed by atoms with Crippen LogP contribution in [0.1, 0.15) is 37.8 Å². The summed E-state index contributed by atoms with van der Waals surface area (Å²) in [5.74, 6) is 0.0276. The van der Waals surface area contributed by atoms with E-state index in [1.54, 1.807) is 10.9 Å². The minimum absolute atomic E-state index is 0.0276. The van der Waals surface area contributed by atoms with E-state index in [0.29, 0.717) is 11.1 Å². The SMILES string of the molecule is Cc1c(Cl)cnn1CC(=O)NC1CCCCC1. The molecule has 1 heterocycles. The molecule has 0 saturated heterocycles. The van der Waals surface area contributed by atoms with E-state index in [4.69, 9.17) is 11.6 Å². The summed E-state index contributed by atoms with van der Waals surface area (Å²) in [6, 6.07) is 0.350. The van der Waals surface area contributed by atoms with Crippen molar-refractivity contribution in [2.45, 2.75) is 51.6 Å². The molecule has 0 aliphatic heterocycles. The first-order valence-electron chi connectivity index (χ1n) is 6.14. The maximum absolute atomic E-state index is 11.8. The van der Waals surface area contributed by atoms with Crippen LogP contribution in [0.25, 0.3) is 0 Å². The lowest BCUT2D eigenvalue weighted by molar-refractivity contribution is -0.122. The van der Waals surface area contributed by atoms with Crippen LogP contribution in [0.4, 0.5) is 0 Å². The molecule has 1 fully saturated rings. The summed E-state index contributed by atoms with van der Waals surface area (Å²) in [6.45, 7) is 2.12. The zero-order valence-corrected chi connectivity index (χ0v) is 10.8. The molecule has 17 heavy (non-hydrogen) atoms. The fraction of sp³-hybridized carbons (Fsp3) is 0.667. The van der Waals surface area contributed by atoms with E-state index in [-0.39, 0.29) is 12.5 Å². The van der Waals surface area contributed by atoms with Gasteiger partial charge in [0.2, 0.25) is 5.91 Å². The minimum Gasteiger partial charge on any atom is -0.352 e. The Balaban J connectivity index is 1.86. The standard InChI is InChI=1S/C12H18ClN3O/c1-9-11(13)7-14-16(9)8-12(17)15-10-5-3-2-4-6-10/h7,10H,2-6,8H2,1H3,(H,15,17). The Morgan fingerprint density at radius 2 is 2.24 bits per heavy atom. The van der Waals surface area contributed by atoms with Gasteiger partial charge in [-0.25, -0.2) is 0 Å². The van der Waals surface area contributed by atoms with E-state index in [2.05, 4.69) is 10.4 Å². The number of nitrogens with zero attached hydrogens (tertiary/aromatic N) is 2. The van der Waals surface area contributed by atoms with Gasteiger partial charge in [-0.15, -0.1) is 0 Å². The molecule has 1 amide bonds. The number of hydrogen-bond donors (Lipinski definition) is 1. The van der Waals surface area contributed by atoms with Crippen LogP contribution >= 0.6 is 11.6 Å². The Morgan fingerprint density at radius 3 is 2.82 bits per heavy atom. The van der Waals surface area contributed by atoms with Crippen LogP contribution in [0.15, 0.2) is 6.20 Å². The number of nitrogens with one attached hydrogen (secondary N) is 1. The molecule has 1 aromatic rings. The molecule has 0 radical (unpaired) electrons. The lowest BCUT2D eigenvalue weighted by atomic mass is 9.95. The third kappa shape index (κ3) is 3.22. The van der Waals surface area contributed by atoms with Crippen LogP contribution in [0.3, 0.4) is 0 Å². The fourth-order valence-electron chi connectivity index (χ4n) is 2.24. The van der Waals surface area contributed by atoms with E-state index in [1.165, 1.54) is 19.3 Å². The molecule has 4 nitrogen and oxygen atoms in total. The number of hydrogen-bond acceptors (Lipinski definition) is 2. The van der Waals surface area contributed by atoms with Gasteiger partial charge in [0.1, 0.15) is 6.54 Å². The number of halogens is 1. The topological polar surface area (TPSA) is 46.9 Å². The van der Waals surface area contributed by atoms with Crippen molar-refractivity contribution >= 4 is 17.5 Å². The Morgan fingerprint density at radius 1 is 1.53 bits per heavy atom. The minimum atomic E-state index is 0.0276. The molecule has 5 heteroatoms. The van der Waals surface area contributed by atoms with Crippen LogP contribution in [0.5, 0.6) is 0 Å². The molecule has 0 bridgehead atoms. The highest BCUT2D eigenvalue weighted by molar-refractivity contribution is 6.31. The summed E-state index contributed by atoms with van der Waals surface area (Å²) >= 11 is 5.89. The summed E-state index contributed by atoms with van der Waals surface area (Å²) in [5.41, 5.74) is 0.838. The van der Waals surface area contributed by atoms with Crippen molar-refractivity contribution in [1.29, 1.82) is 0 Å². The summed E-state index contributed by atoms with van der Waals surface area (Å²) in [4.78, 5) is 11.8. The molecular formula is C12H18ClN3O. The van der Waals surface area contributed by atoms with Gasteiger partial charge in [0.25, 0.3) is 0 Å². The second-order valence-corrected chi connectivity index (χ2v) is 5.05. The van der Waals surface area contributed by atoms with Crippen molar-refractivity contribution in [3.8, 4) is 0 Å². The molecule has 0 spiro atoms. The molecular weight excluding hydrogens is 238 g/mol. The molecule has 1 aliphatic rings. The van der Waals surface area contributed by atoms with Gasteiger partial charge >= 0.3 is 0 Å². The van der Waals surface area contributed by atoms with Crippen LogP contribution in [0, 0.1) is 6.92 Å². The van der Waals surface area contributed by atoms with Gasteiger partial charge in [0, 0.05) is 6.04 Å². The van der Waals surface area contributed by atoms with E-state index in [0.717, 1.165) is 18.5 Å². The van der Waals surface area contributed by atoms with Gasteiger partial charge in [-0.1, -0.05) is 30.9 Å². The Labute approximate surface area is 106 Å². The van der Waals surface area contributed by atoms with E-state index in [1.807, 2.05) is 6.92 Å². The average Bonchev–Trinajstić information content (AvgIpc) is 2.62. The Hall–Kier alpha value is -1.03. The van der Waals surface area contributed by atoms with Gasteiger partial charge in [-0.2, -0.15) is 5.10 Å². The van der Waals surface area contributed by atoms with Gasteiger partial charge in [0.05, 0.1) is 16.9 Å². The lowest BCUT2D eigenvalue weighted by Crippen LogP contribution is -2.38. The molecule has 1 aromatic heterocycles. The number of amides is 1. The van der Waals surface area contributed by atoms with Crippen LogP contribution in [0.2, 0.25) is 5.02 Å². The molecule has 94 valence electrons. The van der Waals surface area contributed by atoms with Crippen molar-refractivity contribution in [2.75, 3.05) is 0 Å². The molecule has 2 rings (SSSR count). The highest BCUT2D eigenvalue weighted by Gasteiger charge is 2.16. The first-order valence-corrected chi connectivity index (χ1v) is 6.52. The Bertz CT molecular complexity index is 396.